The minimum Gasteiger partial charge on any atom is -0.337 e. The molecule has 2 N–H and O–H groups in total. The Morgan fingerprint density at radius 2 is 2.00 bits per heavy atom. The van der Waals surface area contributed by atoms with Crippen LogP contribution < -0.4 is 0 Å². The van der Waals surface area contributed by atoms with E-state index >= 15 is 0 Å². The summed E-state index contributed by atoms with van der Waals surface area (Å²) in [5, 5.41) is 7.12. The van der Waals surface area contributed by atoms with Gasteiger partial charge in [-0.2, -0.15) is 5.10 Å². The highest BCUT2D eigenvalue weighted by molar-refractivity contribution is 5.85. The van der Waals surface area contributed by atoms with E-state index in [0.717, 1.165) is 41.0 Å². The number of nitrogens with zero attached hydrogens (tertiary/aromatic N) is 2. The molecule has 4 rings (SSSR count). The molecule has 2 aromatic heterocycles. The van der Waals surface area contributed by atoms with E-state index in [1.165, 1.54) is 19.3 Å². The van der Waals surface area contributed by atoms with Gasteiger partial charge < -0.3 is 4.98 Å². The Hall–Kier alpha value is -2.43. The number of aromatic nitrogens is 4. The first-order valence-corrected chi connectivity index (χ1v) is 8.31. The smallest absolute Gasteiger partial charge is 0.156 e. The Morgan fingerprint density at radius 1 is 1.17 bits per heavy atom. The number of carbonyl (C=O) groups excluding carboxylic acids is 1. The van der Waals surface area contributed by atoms with E-state index in [2.05, 4.69) is 20.2 Å². The summed E-state index contributed by atoms with van der Waals surface area (Å²) in [6, 6.07) is 7.91. The number of H-pyrrole nitrogens is 2. The monoisotopic (exact) mass is 308 g/mol. The summed E-state index contributed by atoms with van der Waals surface area (Å²) in [7, 11) is 0. The van der Waals surface area contributed by atoms with Crippen molar-refractivity contribution in [3.05, 3.63) is 36.0 Å². The van der Waals surface area contributed by atoms with Crippen molar-refractivity contribution in [3.63, 3.8) is 0 Å². The SMILES string of the molecule is O=C(Cc1cn[nH]c1-c1nc2ccccc2[nH]1)C1CCCCC1. The molecule has 118 valence electrons. The van der Waals surface area contributed by atoms with Crippen molar-refractivity contribution in [1.29, 1.82) is 0 Å². The van der Waals surface area contributed by atoms with Crippen LogP contribution in [0.1, 0.15) is 37.7 Å². The summed E-state index contributed by atoms with van der Waals surface area (Å²) < 4.78 is 0. The largest absolute Gasteiger partial charge is 0.337 e. The average molecular weight is 308 g/mol. The van der Waals surface area contributed by atoms with Crippen LogP contribution in [0.4, 0.5) is 0 Å². The van der Waals surface area contributed by atoms with Gasteiger partial charge in [-0.25, -0.2) is 4.98 Å². The first-order valence-electron chi connectivity index (χ1n) is 8.31. The lowest BCUT2D eigenvalue weighted by atomic mass is 9.84. The van der Waals surface area contributed by atoms with Gasteiger partial charge in [0.2, 0.25) is 0 Å². The molecular weight excluding hydrogens is 288 g/mol. The predicted octanol–water partition coefficient (Wildman–Crippen LogP) is 3.64. The number of hydrogen-bond acceptors (Lipinski definition) is 3. The van der Waals surface area contributed by atoms with Crippen LogP contribution in [0.3, 0.4) is 0 Å². The van der Waals surface area contributed by atoms with Crippen molar-refractivity contribution in [2.75, 3.05) is 0 Å². The second-order valence-corrected chi connectivity index (χ2v) is 6.35. The van der Waals surface area contributed by atoms with E-state index in [1.54, 1.807) is 6.20 Å². The molecule has 5 heteroatoms. The zero-order chi connectivity index (χ0) is 15.6. The normalized spacial score (nSPS) is 16.0. The minimum absolute atomic E-state index is 0.224. The van der Waals surface area contributed by atoms with E-state index in [0.29, 0.717) is 12.2 Å². The molecule has 0 aliphatic heterocycles. The van der Waals surface area contributed by atoms with Crippen LogP contribution in [0.5, 0.6) is 0 Å². The van der Waals surface area contributed by atoms with E-state index in [-0.39, 0.29) is 5.92 Å². The lowest BCUT2D eigenvalue weighted by Gasteiger charge is -2.20. The zero-order valence-electron chi connectivity index (χ0n) is 13.0. The number of benzene rings is 1. The quantitative estimate of drug-likeness (QED) is 0.772. The molecule has 1 aliphatic carbocycles. The molecule has 0 atom stereocenters. The Balaban J connectivity index is 1.59. The lowest BCUT2D eigenvalue weighted by molar-refractivity contribution is -0.123. The van der Waals surface area contributed by atoms with Gasteiger partial charge in [0.1, 0.15) is 11.5 Å². The number of carbonyl (C=O) groups is 1. The molecule has 0 saturated heterocycles. The fraction of sp³-hybridized carbons (Fsp3) is 0.389. The van der Waals surface area contributed by atoms with E-state index in [9.17, 15) is 4.79 Å². The van der Waals surface area contributed by atoms with Gasteiger partial charge in [0.25, 0.3) is 0 Å². The van der Waals surface area contributed by atoms with Gasteiger partial charge in [0, 0.05) is 17.9 Å². The number of imidazole rings is 1. The molecule has 0 unspecified atom stereocenters. The van der Waals surface area contributed by atoms with Crippen molar-refractivity contribution in [3.8, 4) is 11.5 Å². The number of Topliss-reactive ketones (excluding diaryl/α,β-unsaturated/α-hetero) is 1. The number of para-hydroxylation sites is 2. The summed E-state index contributed by atoms with van der Waals surface area (Å²) in [6.45, 7) is 0. The Bertz CT molecular complexity index is 793. The predicted molar refractivity (Wildman–Crippen MR) is 89.0 cm³/mol. The van der Waals surface area contributed by atoms with Crippen LogP contribution in [-0.2, 0) is 11.2 Å². The fourth-order valence-corrected chi connectivity index (χ4v) is 3.48. The molecule has 5 nitrogen and oxygen atoms in total. The lowest BCUT2D eigenvalue weighted by Crippen LogP contribution is -2.19. The molecule has 1 fully saturated rings. The van der Waals surface area contributed by atoms with Gasteiger partial charge in [0.15, 0.2) is 5.82 Å². The Morgan fingerprint density at radius 3 is 2.83 bits per heavy atom. The summed E-state index contributed by atoms with van der Waals surface area (Å²) in [5.41, 5.74) is 3.66. The molecule has 1 aromatic carbocycles. The topological polar surface area (TPSA) is 74.4 Å². The van der Waals surface area contributed by atoms with Gasteiger partial charge in [0.05, 0.1) is 17.2 Å². The number of rotatable bonds is 4. The maximum absolute atomic E-state index is 12.5. The van der Waals surface area contributed by atoms with Gasteiger partial charge in [-0.15, -0.1) is 0 Å². The molecule has 0 bridgehead atoms. The molecule has 0 spiro atoms. The van der Waals surface area contributed by atoms with Crippen LogP contribution in [0, 0.1) is 5.92 Å². The first-order chi connectivity index (χ1) is 11.3. The third-order valence-corrected chi connectivity index (χ3v) is 4.77. The van der Waals surface area contributed by atoms with Crippen molar-refractivity contribution in [2.24, 2.45) is 5.92 Å². The van der Waals surface area contributed by atoms with Crippen molar-refractivity contribution in [1.82, 2.24) is 20.2 Å². The third kappa shape index (κ3) is 2.79. The summed E-state index contributed by atoms with van der Waals surface area (Å²) in [5.74, 6) is 1.31. The first kappa shape index (κ1) is 14.2. The summed E-state index contributed by atoms with van der Waals surface area (Å²) in [6.07, 6.45) is 7.89. The van der Waals surface area contributed by atoms with Crippen LogP contribution >= 0.6 is 0 Å². The molecule has 23 heavy (non-hydrogen) atoms. The highest BCUT2D eigenvalue weighted by Gasteiger charge is 2.23. The van der Waals surface area contributed by atoms with Gasteiger partial charge in [-0.3, -0.25) is 9.89 Å². The molecule has 0 radical (unpaired) electrons. The van der Waals surface area contributed by atoms with E-state index in [1.807, 2.05) is 24.3 Å². The second kappa shape index (κ2) is 5.99. The van der Waals surface area contributed by atoms with Gasteiger partial charge >= 0.3 is 0 Å². The number of hydrogen-bond donors (Lipinski definition) is 2. The van der Waals surface area contributed by atoms with Crippen molar-refractivity contribution < 1.29 is 4.79 Å². The third-order valence-electron chi connectivity index (χ3n) is 4.77. The van der Waals surface area contributed by atoms with Gasteiger partial charge in [-0.05, 0) is 25.0 Å². The van der Waals surface area contributed by atoms with Crippen LogP contribution in [0.2, 0.25) is 0 Å². The highest BCUT2D eigenvalue weighted by atomic mass is 16.1. The Labute approximate surface area is 134 Å². The van der Waals surface area contributed by atoms with E-state index in [4.69, 9.17) is 0 Å². The standard InChI is InChI=1S/C18H20N4O/c23-16(12-6-2-1-3-7-12)10-13-11-19-22-17(13)18-20-14-8-4-5-9-15(14)21-18/h4-5,8-9,11-12H,1-3,6-7,10H2,(H,19,22)(H,20,21). The maximum Gasteiger partial charge on any atom is 0.156 e. The van der Waals surface area contributed by atoms with E-state index < -0.39 is 0 Å². The number of aromatic amines is 2. The number of ketones is 1. The molecular formula is C18H20N4O. The van der Waals surface area contributed by atoms with Crippen LogP contribution in [0.25, 0.3) is 22.6 Å². The maximum atomic E-state index is 12.5. The fourth-order valence-electron chi connectivity index (χ4n) is 3.48. The number of nitrogens with one attached hydrogen (secondary N) is 2. The molecule has 1 aliphatic rings. The van der Waals surface area contributed by atoms with Crippen molar-refractivity contribution in [2.45, 2.75) is 38.5 Å². The zero-order valence-corrected chi connectivity index (χ0v) is 13.0. The second-order valence-electron chi connectivity index (χ2n) is 6.35. The summed E-state index contributed by atoms with van der Waals surface area (Å²) in [4.78, 5) is 20.4. The summed E-state index contributed by atoms with van der Waals surface area (Å²) >= 11 is 0. The molecule has 1 saturated carbocycles. The van der Waals surface area contributed by atoms with Gasteiger partial charge in [-0.1, -0.05) is 31.4 Å². The average Bonchev–Trinajstić information content (AvgIpc) is 3.21. The Kier molecular flexibility index (Phi) is 3.69. The molecule has 0 amide bonds. The highest BCUT2D eigenvalue weighted by Crippen LogP contribution is 2.27. The molecule has 2 heterocycles. The van der Waals surface area contributed by atoms with Crippen molar-refractivity contribution >= 4 is 16.8 Å². The minimum atomic E-state index is 0.224. The molecule has 3 aromatic rings. The van der Waals surface area contributed by atoms with Crippen LogP contribution in [-0.4, -0.2) is 25.9 Å². The van der Waals surface area contributed by atoms with Crippen LogP contribution in [0.15, 0.2) is 30.5 Å². The number of fused-ring (bicyclic) bond motifs is 1.